The lowest BCUT2D eigenvalue weighted by molar-refractivity contribution is -0.123. The molecular formula is C26H18ClN3O2S2. The summed E-state index contributed by atoms with van der Waals surface area (Å²) in [5, 5.41) is 2.84. The molecule has 0 aliphatic carbocycles. The Morgan fingerprint density at radius 1 is 1.00 bits per heavy atom. The van der Waals surface area contributed by atoms with E-state index in [2.05, 4.69) is 9.99 Å². The minimum absolute atomic E-state index is 0.278. The Kier molecular flexibility index (Phi) is 6.24. The molecule has 1 saturated heterocycles. The lowest BCUT2D eigenvalue weighted by atomic mass is 10.1. The highest BCUT2D eigenvalue weighted by Crippen LogP contribution is 2.34. The van der Waals surface area contributed by atoms with Crippen LogP contribution in [-0.4, -0.2) is 25.7 Å². The molecule has 0 spiro atoms. The van der Waals surface area contributed by atoms with Gasteiger partial charge in [0, 0.05) is 39.8 Å². The van der Waals surface area contributed by atoms with Crippen LogP contribution in [0.3, 0.4) is 0 Å². The summed E-state index contributed by atoms with van der Waals surface area (Å²) in [5.41, 5.74) is 5.98. The summed E-state index contributed by atoms with van der Waals surface area (Å²) in [4.78, 5) is 26.0. The standard InChI is InChI=1S/C26H18ClN3O2S2/c27-21-12-6-4-10-18(21)15-29-16-19(20-11-5-7-13-22(20)29)14-23-25(32)30(26(33)34-23)28-24(31)17-8-2-1-3-9-17/h1-14,16H,15H2,(H,28,31). The summed E-state index contributed by atoms with van der Waals surface area (Å²) in [6, 6.07) is 24.4. The van der Waals surface area contributed by atoms with Crippen molar-refractivity contribution in [3.63, 3.8) is 0 Å². The number of thiocarbonyl (C=S) groups is 1. The Bertz CT molecular complexity index is 1460. The van der Waals surface area contributed by atoms with Gasteiger partial charge in [-0.15, -0.1) is 0 Å². The molecule has 1 fully saturated rings. The number of hydrogen-bond acceptors (Lipinski definition) is 4. The van der Waals surface area contributed by atoms with Crippen LogP contribution in [0.5, 0.6) is 0 Å². The number of nitrogens with one attached hydrogen (secondary N) is 1. The van der Waals surface area contributed by atoms with Gasteiger partial charge in [0.1, 0.15) is 0 Å². The van der Waals surface area contributed by atoms with E-state index in [1.54, 1.807) is 24.3 Å². The van der Waals surface area contributed by atoms with Gasteiger partial charge in [0.15, 0.2) is 4.32 Å². The smallest absolute Gasteiger partial charge is 0.285 e. The normalized spacial score (nSPS) is 14.9. The minimum atomic E-state index is -0.394. The van der Waals surface area contributed by atoms with Crippen LogP contribution in [0.15, 0.2) is 90.0 Å². The highest BCUT2D eigenvalue weighted by Gasteiger charge is 2.34. The van der Waals surface area contributed by atoms with Gasteiger partial charge in [-0.3, -0.25) is 15.0 Å². The largest absolute Gasteiger partial charge is 0.342 e. The van der Waals surface area contributed by atoms with E-state index >= 15 is 0 Å². The van der Waals surface area contributed by atoms with Crippen LogP contribution in [0.4, 0.5) is 0 Å². The van der Waals surface area contributed by atoms with E-state index in [9.17, 15) is 9.59 Å². The fraction of sp³-hybridized carbons (Fsp3) is 0.0385. The maximum atomic E-state index is 13.1. The minimum Gasteiger partial charge on any atom is -0.342 e. The Labute approximate surface area is 211 Å². The van der Waals surface area contributed by atoms with Crippen LogP contribution in [-0.2, 0) is 11.3 Å². The maximum absolute atomic E-state index is 13.1. The Morgan fingerprint density at radius 2 is 1.71 bits per heavy atom. The van der Waals surface area contributed by atoms with E-state index in [1.165, 1.54) is 0 Å². The molecule has 5 rings (SSSR count). The molecule has 8 heteroatoms. The zero-order valence-electron chi connectivity index (χ0n) is 17.8. The Morgan fingerprint density at radius 3 is 2.50 bits per heavy atom. The molecule has 4 aromatic rings. The van der Waals surface area contributed by atoms with Gasteiger partial charge in [0.2, 0.25) is 0 Å². The first-order valence-corrected chi connectivity index (χ1v) is 12.1. The van der Waals surface area contributed by atoms with Gasteiger partial charge < -0.3 is 4.57 Å². The van der Waals surface area contributed by atoms with Crippen molar-refractivity contribution in [1.29, 1.82) is 0 Å². The number of aromatic nitrogens is 1. The van der Waals surface area contributed by atoms with Crippen molar-refractivity contribution in [1.82, 2.24) is 15.0 Å². The summed E-state index contributed by atoms with van der Waals surface area (Å²) in [6.07, 6.45) is 3.82. The number of rotatable bonds is 5. The number of halogens is 1. The van der Waals surface area contributed by atoms with Crippen molar-refractivity contribution >= 4 is 68.7 Å². The monoisotopic (exact) mass is 503 g/mol. The average Bonchev–Trinajstić information content (AvgIpc) is 3.33. The van der Waals surface area contributed by atoms with E-state index < -0.39 is 5.91 Å². The summed E-state index contributed by atoms with van der Waals surface area (Å²) >= 11 is 12.9. The van der Waals surface area contributed by atoms with Gasteiger partial charge in [0.25, 0.3) is 11.8 Å². The second-order valence-corrected chi connectivity index (χ2v) is 9.73. The molecule has 1 aromatic heterocycles. The predicted octanol–water partition coefficient (Wildman–Crippen LogP) is 5.89. The van der Waals surface area contributed by atoms with Gasteiger partial charge in [0.05, 0.1) is 4.91 Å². The SMILES string of the molecule is O=C(NN1C(=O)C(=Cc2cn(Cc3ccccc3Cl)c3ccccc23)SC1=S)c1ccccc1. The van der Waals surface area contributed by atoms with Gasteiger partial charge >= 0.3 is 0 Å². The third-order valence-electron chi connectivity index (χ3n) is 5.45. The molecule has 1 N–H and O–H groups in total. The fourth-order valence-electron chi connectivity index (χ4n) is 3.79. The number of hydrogen-bond donors (Lipinski definition) is 1. The van der Waals surface area contributed by atoms with Crippen LogP contribution in [0.25, 0.3) is 17.0 Å². The number of amides is 2. The molecule has 2 amide bonds. The van der Waals surface area contributed by atoms with Crippen LogP contribution < -0.4 is 5.43 Å². The van der Waals surface area contributed by atoms with Crippen LogP contribution in [0.2, 0.25) is 5.02 Å². The molecule has 0 bridgehead atoms. The highest BCUT2D eigenvalue weighted by atomic mass is 35.5. The topological polar surface area (TPSA) is 54.3 Å². The summed E-state index contributed by atoms with van der Waals surface area (Å²) < 4.78 is 2.39. The predicted molar refractivity (Wildman–Crippen MR) is 141 cm³/mol. The van der Waals surface area contributed by atoms with Gasteiger partial charge in [-0.2, -0.15) is 5.01 Å². The van der Waals surface area contributed by atoms with E-state index in [4.69, 9.17) is 23.8 Å². The van der Waals surface area contributed by atoms with Crippen LogP contribution in [0.1, 0.15) is 21.5 Å². The number of carbonyl (C=O) groups is 2. The zero-order valence-corrected chi connectivity index (χ0v) is 20.2. The number of hydrazine groups is 1. The number of thioether (sulfide) groups is 1. The number of nitrogens with zero attached hydrogens (tertiary/aromatic N) is 2. The molecule has 0 unspecified atom stereocenters. The van der Waals surface area contributed by atoms with E-state index in [-0.39, 0.29) is 10.2 Å². The second-order valence-electron chi connectivity index (χ2n) is 7.64. The van der Waals surface area contributed by atoms with Crippen LogP contribution in [0, 0.1) is 0 Å². The summed E-state index contributed by atoms with van der Waals surface area (Å²) in [7, 11) is 0. The third-order valence-corrected chi connectivity index (χ3v) is 7.12. The molecule has 5 nitrogen and oxygen atoms in total. The summed E-state index contributed by atoms with van der Waals surface area (Å²) in [6.45, 7) is 0.599. The van der Waals surface area contributed by atoms with Gasteiger partial charge in [-0.25, -0.2) is 0 Å². The molecule has 0 atom stereocenters. The molecule has 168 valence electrons. The van der Waals surface area contributed by atoms with Crippen molar-refractivity contribution in [3.05, 3.63) is 112 Å². The van der Waals surface area contributed by atoms with Crippen molar-refractivity contribution in [2.45, 2.75) is 6.54 Å². The van der Waals surface area contributed by atoms with Crippen molar-refractivity contribution in [3.8, 4) is 0 Å². The highest BCUT2D eigenvalue weighted by molar-refractivity contribution is 8.26. The van der Waals surface area contributed by atoms with E-state index in [0.29, 0.717) is 22.0 Å². The number of fused-ring (bicyclic) bond motifs is 1. The fourth-order valence-corrected chi connectivity index (χ4v) is 5.16. The van der Waals surface area contributed by atoms with Gasteiger partial charge in [-0.05, 0) is 48.1 Å². The molecular weight excluding hydrogens is 486 g/mol. The first kappa shape index (κ1) is 22.4. The lowest BCUT2D eigenvalue weighted by Crippen LogP contribution is -2.44. The van der Waals surface area contributed by atoms with Crippen molar-refractivity contribution in [2.75, 3.05) is 0 Å². The van der Waals surface area contributed by atoms with E-state index in [0.717, 1.165) is 38.8 Å². The molecule has 0 saturated carbocycles. The Balaban J connectivity index is 1.44. The van der Waals surface area contributed by atoms with Gasteiger partial charge in [-0.1, -0.05) is 78.0 Å². The van der Waals surface area contributed by atoms with Crippen molar-refractivity contribution in [2.24, 2.45) is 0 Å². The lowest BCUT2D eigenvalue weighted by Gasteiger charge is -2.15. The summed E-state index contributed by atoms with van der Waals surface area (Å²) in [5.74, 6) is -0.753. The number of benzene rings is 3. The number of carbonyl (C=O) groups excluding carboxylic acids is 2. The second kappa shape index (κ2) is 9.46. The average molecular weight is 504 g/mol. The maximum Gasteiger partial charge on any atom is 0.285 e. The number of para-hydroxylation sites is 1. The molecule has 34 heavy (non-hydrogen) atoms. The zero-order chi connectivity index (χ0) is 23.7. The van der Waals surface area contributed by atoms with Crippen LogP contribution >= 0.6 is 35.6 Å². The molecule has 1 aliphatic rings. The third kappa shape index (κ3) is 4.37. The van der Waals surface area contributed by atoms with E-state index in [1.807, 2.05) is 66.9 Å². The first-order valence-electron chi connectivity index (χ1n) is 10.5. The molecule has 3 aromatic carbocycles. The molecule has 1 aliphatic heterocycles. The quantitative estimate of drug-likeness (QED) is 0.272. The van der Waals surface area contributed by atoms with Crippen molar-refractivity contribution < 1.29 is 9.59 Å². The molecule has 2 heterocycles. The first-order chi connectivity index (χ1) is 16.5. The molecule has 0 radical (unpaired) electrons. The Hall–Kier alpha value is -3.39.